The second-order valence-corrected chi connectivity index (χ2v) is 9.45. The number of ether oxygens (including phenoxy) is 1. The summed E-state index contributed by atoms with van der Waals surface area (Å²) in [6.07, 6.45) is 0.716. The Morgan fingerprint density at radius 1 is 1.13 bits per heavy atom. The Morgan fingerprint density at radius 2 is 1.90 bits per heavy atom. The fourth-order valence-electron chi connectivity index (χ4n) is 3.30. The van der Waals surface area contributed by atoms with E-state index in [0.717, 1.165) is 5.56 Å². The van der Waals surface area contributed by atoms with Crippen molar-refractivity contribution in [3.63, 3.8) is 0 Å². The number of amides is 2. The highest BCUT2D eigenvalue weighted by molar-refractivity contribution is 7.92. The highest BCUT2D eigenvalue weighted by atomic mass is 32.2. The van der Waals surface area contributed by atoms with Crippen molar-refractivity contribution in [2.24, 2.45) is 0 Å². The smallest absolute Gasteiger partial charge is 0.265 e. The molecule has 0 aliphatic carbocycles. The van der Waals surface area contributed by atoms with E-state index in [2.05, 4.69) is 5.32 Å². The summed E-state index contributed by atoms with van der Waals surface area (Å²) in [6, 6.07) is 11.4. The second kappa shape index (κ2) is 9.30. The summed E-state index contributed by atoms with van der Waals surface area (Å²) < 4.78 is 30.2. The summed E-state index contributed by atoms with van der Waals surface area (Å²) in [7, 11) is -3.99. The first-order valence-corrected chi connectivity index (χ1v) is 11.7. The Balaban J connectivity index is 1.70. The van der Waals surface area contributed by atoms with Crippen LogP contribution in [0.25, 0.3) is 0 Å². The SMILES string of the molecule is CCCN1C(=O)COc2ccc(C(=O)CS(=O)(=O)CC(=O)Nc3cccc(C)c3)cc21. The third-order valence-corrected chi connectivity index (χ3v) is 6.08. The van der Waals surface area contributed by atoms with E-state index < -0.39 is 33.0 Å². The average molecular weight is 445 g/mol. The molecule has 3 rings (SSSR count). The molecule has 31 heavy (non-hydrogen) atoms. The third-order valence-electron chi connectivity index (χ3n) is 4.67. The Bertz CT molecular complexity index is 1130. The number of Topliss-reactive ketones (excluding diaryl/α,β-unsaturated/α-hetero) is 1. The number of carbonyl (C=O) groups excluding carboxylic acids is 3. The van der Waals surface area contributed by atoms with E-state index in [1.807, 2.05) is 19.9 Å². The summed E-state index contributed by atoms with van der Waals surface area (Å²) in [5.74, 6) is -2.74. The second-order valence-electron chi connectivity index (χ2n) is 7.39. The molecule has 0 bridgehead atoms. The first-order valence-electron chi connectivity index (χ1n) is 9.86. The van der Waals surface area contributed by atoms with E-state index in [-0.39, 0.29) is 18.1 Å². The average Bonchev–Trinajstić information content (AvgIpc) is 2.69. The van der Waals surface area contributed by atoms with Gasteiger partial charge in [-0.2, -0.15) is 0 Å². The molecule has 2 aromatic rings. The van der Waals surface area contributed by atoms with Gasteiger partial charge in [-0.1, -0.05) is 19.1 Å². The zero-order valence-electron chi connectivity index (χ0n) is 17.4. The first kappa shape index (κ1) is 22.5. The van der Waals surface area contributed by atoms with Gasteiger partial charge in [0.15, 0.2) is 22.2 Å². The number of ketones is 1. The Labute approximate surface area is 181 Å². The van der Waals surface area contributed by atoms with Gasteiger partial charge in [0.25, 0.3) is 5.91 Å². The van der Waals surface area contributed by atoms with Gasteiger partial charge >= 0.3 is 0 Å². The lowest BCUT2D eigenvalue weighted by Gasteiger charge is -2.29. The van der Waals surface area contributed by atoms with Crippen molar-refractivity contribution < 1.29 is 27.5 Å². The number of nitrogens with zero attached hydrogens (tertiary/aromatic N) is 1. The molecule has 0 atom stereocenters. The number of aryl methyl sites for hydroxylation is 1. The number of anilines is 2. The number of hydrogen-bond acceptors (Lipinski definition) is 6. The van der Waals surface area contributed by atoms with E-state index >= 15 is 0 Å². The monoisotopic (exact) mass is 444 g/mol. The predicted molar refractivity (Wildman–Crippen MR) is 117 cm³/mol. The van der Waals surface area contributed by atoms with Crippen LogP contribution in [0.4, 0.5) is 11.4 Å². The molecule has 1 aliphatic rings. The third kappa shape index (κ3) is 5.69. The minimum atomic E-state index is -3.99. The molecular weight excluding hydrogens is 420 g/mol. The highest BCUT2D eigenvalue weighted by Crippen LogP contribution is 2.33. The lowest BCUT2D eigenvalue weighted by Crippen LogP contribution is -2.39. The minimum absolute atomic E-state index is 0.0786. The van der Waals surface area contributed by atoms with Gasteiger partial charge in [0, 0.05) is 17.8 Å². The molecule has 0 aromatic heterocycles. The summed E-state index contributed by atoms with van der Waals surface area (Å²) in [4.78, 5) is 38.4. The molecule has 1 heterocycles. The molecule has 164 valence electrons. The van der Waals surface area contributed by atoms with Crippen molar-refractivity contribution in [3.05, 3.63) is 53.6 Å². The minimum Gasteiger partial charge on any atom is -0.482 e. The van der Waals surface area contributed by atoms with Crippen molar-refractivity contribution >= 4 is 38.8 Å². The van der Waals surface area contributed by atoms with Crippen LogP contribution in [0.5, 0.6) is 5.75 Å². The van der Waals surface area contributed by atoms with Gasteiger partial charge in [-0.15, -0.1) is 0 Å². The molecule has 1 N–H and O–H groups in total. The molecule has 0 unspecified atom stereocenters. The molecule has 0 spiro atoms. The molecule has 9 heteroatoms. The Kier molecular flexibility index (Phi) is 6.74. The zero-order chi connectivity index (χ0) is 22.6. The molecule has 0 radical (unpaired) electrons. The van der Waals surface area contributed by atoms with Crippen LogP contribution in [-0.2, 0) is 19.4 Å². The molecule has 2 aromatic carbocycles. The van der Waals surface area contributed by atoms with Crippen LogP contribution < -0.4 is 15.0 Å². The van der Waals surface area contributed by atoms with Gasteiger partial charge < -0.3 is 15.0 Å². The van der Waals surface area contributed by atoms with Crippen molar-refractivity contribution in [2.45, 2.75) is 20.3 Å². The van der Waals surface area contributed by atoms with Crippen LogP contribution >= 0.6 is 0 Å². The van der Waals surface area contributed by atoms with Gasteiger partial charge in [-0.3, -0.25) is 14.4 Å². The van der Waals surface area contributed by atoms with Crippen molar-refractivity contribution in [3.8, 4) is 5.75 Å². The van der Waals surface area contributed by atoms with Crippen LogP contribution in [0.1, 0.15) is 29.3 Å². The fourth-order valence-corrected chi connectivity index (χ4v) is 4.44. The van der Waals surface area contributed by atoms with Crippen molar-refractivity contribution in [1.29, 1.82) is 0 Å². The first-order chi connectivity index (χ1) is 14.7. The van der Waals surface area contributed by atoms with Crippen LogP contribution in [0.15, 0.2) is 42.5 Å². The zero-order valence-corrected chi connectivity index (χ0v) is 18.2. The largest absolute Gasteiger partial charge is 0.482 e. The van der Waals surface area contributed by atoms with Gasteiger partial charge in [-0.05, 0) is 49.2 Å². The maximum atomic E-state index is 12.6. The van der Waals surface area contributed by atoms with E-state index in [1.54, 1.807) is 24.3 Å². The quantitative estimate of drug-likeness (QED) is 0.626. The van der Waals surface area contributed by atoms with E-state index in [0.29, 0.717) is 30.1 Å². The van der Waals surface area contributed by atoms with Crippen LogP contribution in [0.3, 0.4) is 0 Å². The molecular formula is C22H24N2O6S. The lowest BCUT2D eigenvalue weighted by atomic mass is 10.1. The van der Waals surface area contributed by atoms with E-state index in [1.165, 1.54) is 17.0 Å². The standard InChI is InChI=1S/C22H24N2O6S/c1-3-9-24-18-11-16(7-8-20(18)30-12-22(24)27)19(25)13-31(28,29)14-21(26)23-17-6-4-5-15(2)10-17/h4-8,10-11H,3,9,12-14H2,1-2H3,(H,23,26). The van der Waals surface area contributed by atoms with Gasteiger partial charge in [0.1, 0.15) is 17.3 Å². The van der Waals surface area contributed by atoms with Crippen LogP contribution in [0, 0.1) is 6.92 Å². The number of carbonyl (C=O) groups is 3. The number of fused-ring (bicyclic) bond motifs is 1. The number of benzene rings is 2. The molecule has 1 aliphatic heterocycles. The lowest BCUT2D eigenvalue weighted by molar-refractivity contribution is -0.121. The molecule has 0 fully saturated rings. The molecule has 2 amide bonds. The van der Waals surface area contributed by atoms with Crippen LogP contribution in [-0.4, -0.2) is 50.7 Å². The summed E-state index contributed by atoms with van der Waals surface area (Å²) in [6.45, 7) is 4.16. The topological polar surface area (TPSA) is 110 Å². The Hall–Kier alpha value is -3.20. The van der Waals surface area contributed by atoms with Gasteiger partial charge in [0.05, 0.1) is 5.69 Å². The molecule has 8 nitrogen and oxygen atoms in total. The maximum Gasteiger partial charge on any atom is 0.265 e. The van der Waals surface area contributed by atoms with E-state index in [9.17, 15) is 22.8 Å². The van der Waals surface area contributed by atoms with Crippen LogP contribution in [0.2, 0.25) is 0 Å². The Morgan fingerprint density at radius 3 is 2.61 bits per heavy atom. The fraction of sp³-hybridized carbons (Fsp3) is 0.318. The summed E-state index contributed by atoms with van der Waals surface area (Å²) in [5.41, 5.74) is 1.99. The molecule has 0 saturated heterocycles. The predicted octanol–water partition coefficient (Wildman–Crippen LogP) is 2.37. The van der Waals surface area contributed by atoms with Crippen molar-refractivity contribution in [2.75, 3.05) is 34.9 Å². The number of nitrogens with one attached hydrogen (secondary N) is 1. The maximum absolute atomic E-state index is 12.6. The molecule has 0 saturated carbocycles. The summed E-state index contributed by atoms with van der Waals surface area (Å²) in [5, 5.41) is 2.53. The number of rotatable bonds is 8. The van der Waals surface area contributed by atoms with Gasteiger partial charge in [-0.25, -0.2) is 8.42 Å². The highest BCUT2D eigenvalue weighted by Gasteiger charge is 2.27. The normalized spacial score (nSPS) is 13.4. The summed E-state index contributed by atoms with van der Waals surface area (Å²) >= 11 is 0. The van der Waals surface area contributed by atoms with E-state index in [4.69, 9.17) is 4.74 Å². The number of hydrogen-bond donors (Lipinski definition) is 1. The van der Waals surface area contributed by atoms with Gasteiger partial charge in [0.2, 0.25) is 5.91 Å². The number of sulfone groups is 1. The van der Waals surface area contributed by atoms with Crippen molar-refractivity contribution in [1.82, 2.24) is 0 Å².